The van der Waals surface area contributed by atoms with Crippen molar-refractivity contribution in [3.63, 3.8) is 0 Å². The third-order valence-corrected chi connectivity index (χ3v) is 3.02. The van der Waals surface area contributed by atoms with Crippen LogP contribution in [0.3, 0.4) is 0 Å². The van der Waals surface area contributed by atoms with E-state index < -0.39 is 0 Å². The average Bonchev–Trinajstić information content (AvgIpc) is 2.42. The highest BCUT2D eigenvalue weighted by molar-refractivity contribution is 5.56. The molecule has 19 heavy (non-hydrogen) atoms. The van der Waals surface area contributed by atoms with Crippen LogP contribution in [0.2, 0.25) is 0 Å². The molecule has 0 aliphatic rings. The number of nitrogens with one attached hydrogen (secondary N) is 2. The summed E-state index contributed by atoms with van der Waals surface area (Å²) in [4.78, 5) is 12.7. The van der Waals surface area contributed by atoms with Gasteiger partial charge in [-0.25, -0.2) is 9.97 Å². The van der Waals surface area contributed by atoms with E-state index in [0.29, 0.717) is 6.54 Å². The molecule has 100 valence electrons. The highest BCUT2D eigenvalue weighted by atomic mass is 15.1. The Hall–Kier alpha value is -2.17. The van der Waals surface area contributed by atoms with Crippen LogP contribution in [0.5, 0.6) is 0 Å². The first-order valence-corrected chi connectivity index (χ1v) is 6.41. The number of nitrogens with zero attached hydrogens (tertiary/aromatic N) is 3. The molecule has 0 aromatic carbocycles. The molecule has 2 N–H and O–H groups in total. The number of pyridine rings is 1. The Morgan fingerprint density at radius 1 is 1.11 bits per heavy atom. The van der Waals surface area contributed by atoms with Gasteiger partial charge in [-0.1, -0.05) is 0 Å². The van der Waals surface area contributed by atoms with E-state index in [4.69, 9.17) is 0 Å². The van der Waals surface area contributed by atoms with Gasteiger partial charge in [0.25, 0.3) is 0 Å². The summed E-state index contributed by atoms with van der Waals surface area (Å²) >= 11 is 0. The normalized spacial score (nSPS) is 10.3. The molecule has 0 saturated carbocycles. The van der Waals surface area contributed by atoms with Crippen molar-refractivity contribution < 1.29 is 0 Å². The molecular formula is C14H19N5. The lowest BCUT2D eigenvalue weighted by Gasteiger charge is -2.12. The first-order valence-electron chi connectivity index (χ1n) is 6.41. The first-order chi connectivity index (χ1) is 9.22. The van der Waals surface area contributed by atoms with E-state index in [1.807, 2.05) is 26.1 Å². The van der Waals surface area contributed by atoms with Gasteiger partial charge in [0, 0.05) is 31.0 Å². The fourth-order valence-corrected chi connectivity index (χ4v) is 1.83. The van der Waals surface area contributed by atoms with Crippen molar-refractivity contribution in [3.05, 3.63) is 41.5 Å². The minimum absolute atomic E-state index is 0.711. The summed E-state index contributed by atoms with van der Waals surface area (Å²) in [5, 5.41) is 6.56. The lowest BCUT2D eigenvalue weighted by molar-refractivity contribution is 1.03. The van der Waals surface area contributed by atoms with E-state index in [-0.39, 0.29) is 0 Å². The number of hydrogen-bond acceptors (Lipinski definition) is 5. The van der Waals surface area contributed by atoms with Crippen molar-refractivity contribution in [2.24, 2.45) is 0 Å². The molecule has 2 aromatic heterocycles. The van der Waals surface area contributed by atoms with Gasteiger partial charge in [0.15, 0.2) is 0 Å². The van der Waals surface area contributed by atoms with Gasteiger partial charge < -0.3 is 10.6 Å². The molecule has 0 aliphatic heterocycles. The SMILES string of the molecule is CCNc1ncnc(NCc2cnccc2C)c1C. The Kier molecular flexibility index (Phi) is 4.28. The number of aromatic nitrogens is 3. The molecule has 0 bridgehead atoms. The van der Waals surface area contributed by atoms with Crippen LogP contribution >= 0.6 is 0 Å². The standard InChI is InChI=1S/C14H19N5/c1-4-16-13-11(3)14(19-9-18-13)17-8-12-7-15-6-5-10(12)2/h5-7,9H,4,8H2,1-3H3,(H2,16,17,18,19). The van der Waals surface area contributed by atoms with E-state index in [0.717, 1.165) is 23.7 Å². The molecule has 0 saturated heterocycles. The van der Waals surface area contributed by atoms with Gasteiger partial charge >= 0.3 is 0 Å². The van der Waals surface area contributed by atoms with Crippen LogP contribution in [0.1, 0.15) is 23.6 Å². The maximum atomic E-state index is 4.28. The van der Waals surface area contributed by atoms with Crippen molar-refractivity contribution in [1.82, 2.24) is 15.0 Å². The van der Waals surface area contributed by atoms with Crippen LogP contribution < -0.4 is 10.6 Å². The van der Waals surface area contributed by atoms with Crippen LogP contribution in [0.4, 0.5) is 11.6 Å². The molecule has 5 heteroatoms. The third-order valence-electron chi connectivity index (χ3n) is 3.02. The highest BCUT2D eigenvalue weighted by Crippen LogP contribution is 2.18. The lowest BCUT2D eigenvalue weighted by Crippen LogP contribution is -2.08. The molecular weight excluding hydrogens is 238 g/mol. The number of aryl methyl sites for hydroxylation is 1. The van der Waals surface area contributed by atoms with Gasteiger partial charge in [-0.2, -0.15) is 0 Å². The van der Waals surface area contributed by atoms with Crippen LogP contribution in [0.25, 0.3) is 0 Å². The van der Waals surface area contributed by atoms with Crippen LogP contribution in [0.15, 0.2) is 24.8 Å². The van der Waals surface area contributed by atoms with Crippen LogP contribution in [-0.2, 0) is 6.54 Å². The van der Waals surface area contributed by atoms with Gasteiger partial charge in [-0.3, -0.25) is 4.98 Å². The van der Waals surface area contributed by atoms with Crippen molar-refractivity contribution in [3.8, 4) is 0 Å². The Morgan fingerprint density at radius 2 is 1.84 bits per heavy atom. The van der Waals surface area contributed by atoms with E-state index in [1.165, 1.54) is 11.1 Å². The topological polar surface area (TPSA) is 62.7 Å². The summed E-state index contributed by atoms with van der Waals surface area (Å²) in [6, 6.07) is 2.01. The fraction of sp³-hybridized carbons (Fsp3) is 0.357. The van der Waals surface area contributed by atoms with Crippen molar-refractivity contribution in [2.45, 2.75) is 27.3 Å². The van der Waals surface area contributed by atoms with Gasteiger partial charge in [-0.15, -0.1) is 0 Å². The molecule has 2 aromatic rings. The first kappa shape index (κ1) is 13.3. The third kappa shape index (κ3) is 3.19. The second kappa shape index (κ2) is 6.13. The predicted molar refractivity (Wildman–Crippen MR) is 77.2 cm³/mol. The molecule has 2 heterocycles. The Balaban J connectivity index is 2.12. The summed E-state index contributed by atoms with van der Waals surface area (Å²) in [5.41, 5.74) is 3.43. The zero-order chi connectivity index (χ0) is 13.7. The summed E-state index contributed by atoms with van der Waals surface area (Å²) in [6.45, 7) is 7.70. The van der Waals surface area contributed by atoms with Crippen LogP contribution in [0, 0.1) is 13.8 Å². The molecule has 0 spiro atoms. The van der Waals surface area contributed by atoms with Crippen molar-refractivity contribution in [1.29, 1.82) is 0 Å². The average molecular weight is 257 g/mol. The predicted octanol–water partition coefficient (Wildman–Crippen LogP) is 2.53. The fourth-order valence-electron chi connectivity index (χ4n) is 1.83. The van der Waals surface area contributed by atoms with E-state index in [2.05, 4.69) is 32.5 Å². The highest BCUT2D eigenvalue weighted by Gasteiger charge is 2.06. The van der Waals surface area contributed by atoms with E-state index >= 15 is 0 Å². The Morgan fingerprint density at radius 3 is 2.53 bits per heavy atom. The quantitative estimate of drug-likeness (QED) is 0.861. The molecule has 5 nitrogen and oxygen atoms in total. The van der Waals surface area contributed by atoms with E-state index in [1.54, 1.807) is 12.5 Å². The molecule has 0 atom stereocenters. The van der Waals surface area contributed by atoms with E-state index in [9.17, 15) is 0 Å². The van der Waals surface area contributed by atoms with Gasteiger partial charge in [0.2, 0.25) is 0 Å². The summed E-state index contributed by atoms with van der Waals surface area (Å²) in [6.07, 6.45) is 5.26. The minimum Gasteiger partial charge on any atom is -0.370 e. The molecule has 0 aliphatic carbocycles. The monoisotopic (exact) mass is 257 g/mol. The maximum absolute atomic E-state index is 4.28. The molecule has 0 radical (unpaired) electrons. The van der Waals surface area contributed by atoms with Crippen molar-refractivity contribution >= 4 is 11.6 Å². The smallest absolute Gasteiger partial charge is 0.134 e. The molecule has 2 rings (SSSR count). The van der Waals surface area contributed by atoms with Gasteiger partial charge in [0.05, 0.1) is 0 Å². The number of anilines is 2. The second-order valence-electron chi connectivity index (χ2n) is 4.38. The molecule has 0 fully saturated rings. The zero-order valence-corrected chi connectivity index (χ0v) is 11.6. The second-order valence-corrected chi connectivity index (χ2v) is 4.38. The molecule has 0 unspecified atom stereocenters. The number of hydrogen-bond donors (Lipinski definition) is 2. The van der Waals surface area contributed by atoms with Gasteiger partial charge in [0.1, 0.15) is 18.0 Å². The summed E-state index contributed by atoms with van der Waals surface area (Å²) < 4.78 is 0. The lowest BCUT2D eigenvalue weighted by atomic mass is 10.1. The summed E-state index contributed by atoms with van der Waals surface area (Å²) in [7, 11) is 0. The Labute approximate surface area is 113 Å². The Bertz CT molecular complexity index is 553. The zero-order valence-electron chi connectivity index (χ0n) is 11.6. The number of rotatable bonds is 5. The largest absolute Gasteiger partial charge is 0.370 e. The minimum atomic E-state index is 0.711. The van der Waals surface area contributed by atoms with Crippen LogP contribution in [-0.4, -0.2) is 21.5 Å². The van der Waals surface area contributed by atoms with Gasteiger partial charge in [-0.05, 0) is 38.0 Å². The maximum Gasteiger partial charge on any atom is 0.134 e. The summed E-state index contributed by atoms with van der Waals surface area (Å²) in [5.74, 6) is 1.73. The molecule has 0 amide bonds. The van der Waals surface area contributed by atoms with Crippen molar-refractivity contribution in [2.75, 3.05) is 17.2 Å².